The number of nitrogens with one attached hydrogen (secondary N) is 2. The van der Waals surface area contributed by atoms with Gasteiger partial charge in [0.1, 0.15) is 10.6 Å². The lowest BCUT2D eigenvalue weighted by atomic mass is 10.1. The first-order valence-corrected chi connectivity index (χ1v) is 11.3. The van der Waals surface area contributed by atoms with Crippen LogP contribution in [-0.4, -0.2) is 38.6 Å². The maximum Gasteiger partial charge on any atom is 0.332 e. The normalized spacial score (nSPS) is 16.5. The van der Waals surface area contributed by atoms with E-state index in [0.29, 0.717) is 0 Å². The van der Waals surface area contributed by atoms with E-state index in [4.69, 9.17) is 11.5 Å². The average Bonchev–Trinajstić information content (AvgIpc) is 2.69. The smallest absolute Gasteiger partial charge is 0.332 e. The lowest BCUT2D eigenvalue weighted by Gasteiger charge is -2.38. The van der Waals surface area contributed by atoms with Gasteiger partial charge in [-0.25, -0.2) is 9.79 Å². The average molecular weight is 478 g/mol. The SMILES string of the molecule is C=CC=C(C(C)=CCNC(=O)NCc1ccc(N2C(N)=NC(N)=NC2(C)C)cc1)S(=O)(=O)F. The first kappa shape index (κ1) is 25.6. The standard InChI is InChI=1S/C21H28FN7O3S/c1-5-6-17(33(22,31)32)14(2)11-12-25-20(30)26-13-15-7-9-16(10-8-15)29-19(24)27-18(23)28-21(29,3)4/h5-11H,1,12-13H2,2-4H3,(H2,25,26,30)(H4,23,24,27,28). The second-order valence-electron chi connectivity index (χ2n) is 7.59. The molecule has 0 saturated carbocycles. The van der Waals surface area contributed by atoms with E-state index in [1.54, 1.807) is 4.90 Å². The summed E-state index contributed by atoms with van der Waals surface area (Å²) in [7, 11) is -4.89. The number of carbonyl (C=O) groups excluding carboxylic acids is 1. The van der Waals surface area contributed by atoms with Gasteiger partial charge < -0.3 is 22.1 Å². The van der Waals surface area contributed by atoms with Gasteiger partial charge in [0, 0.05) is 18.8 Å². The molecule has 0 unspecified atom stereocenters. The molecule has 0 atom stereocenters. The summed E-state index contributed by atoms with van der Waals surface area (Å²) in [5, 5.41) is 5.24. The summed E-state index contributed by atoms with van der Waals surface area (Å²) < 4.78 is 35.6. The Kier molecular flexibility index (Phi) is 7.99. The van der Waals surface area contributed by atoms with Crippen LogP contribution < -0.4 is 27.0 Å². The summed E-state index contributed by atoms with van der Waals surface area (Å²) in [6.45, 7) is 8.75. The van der Waals surface area contributed by atoms with Gasteiger partial charge in [0.05, 0.1) is 0 Å². The minimum Gasteiger partial charge on any atom is -0.369 e. The Bertz CT molecular complexity index is 1140. The third kappa shape index (κ3) is 6.91. The highest BCUT2D eigenvalue weighted by molar-refractivity contribution is 7.90. The molecule has 12 heteroatoms. The molecule has 0 aromatic heterocycles. The molecule has 1 aromatic carbocycles. The molecule has 2 rings (SSSR count). The molecule has 0 fully saturated rings. The van der Waals surface area contributed by atoms with Crippen LogP contribution in [0.3, 0.4) is 0 Å². The number of hydrogen-bond acceptors (Lipinski definition) is 8. The van der Waals surface area contributed by atoms with Crippen LogP contribution in [0.25, 0.3) is 0 Å². The van der Waals surface area contributed by atoms with Crippen molar-refractivity contribution < 1.29 is 17.1 Å². The number of hydrogen-bond donors (Lipinski definition) is 4. The van der Waals surface area contributed by atoms with E-state index in [1.807, 2.05) is 38.1 Å². The zero-order valence-electron chi connectivity index (χ0n) is 18.7. The zero-order valence-corrected chi connectivity index (χ0v) is 19.5. The van der Waals surface area contributed by atoms with Crippen LogP contribution in [0.4, 0.5) is 14.4 Å². The van der Waals surface area contributed by atoms with Gasteiger partial charge in [0.25, 0.3) is 0 Å². The summed E-state index contributed by atoms with van der Waals surface area (Å²) in [4.78, 5) is 21.6. The molecule has 10 nitrogen and oxygen atoms in total. The van der Waals surface area contributed by atoms with Gasteiger partial charge in [-0.05, 0) is 50.1 Å². The number of urea groups is 1. The summed E-state index contributed by atoms with van der Waals surface area (Å²) >= 11 is 0. The van der Waals surface area contributed by atoms with Gasteiger partial charge in [-0.1, -0.05) is 30.9 Å². The number of anilines is 1. The van der Waals surface area contributed by atoms with Crippen molar-refractivity contribution in [3.05, 3.63) is 65.1 Å². The van der Waals surface area contributed by atoms with Gasteiger partial charge in [0.2, 0.25) is 11.9 Å². The highest BCUT2D eigenvalue weighted by Crippen LogP contribution is 2.27. The van der Waals surface area contributed by atoms with Crippen molar-refractivity contribution in [1.82, 2.24) is 10.6 Å². The Balaban J connectivity index is 1.93. The molecule has 0 saturated heterocycles. The Morgan fingerprint density at radius 2 is 1.88 bits per heavy atom. The Labute approximate surface area is 192 Å². The zero-order chi connectivity index (χ0) is 24.8. The molecule has 1 heterocycles. The fourth-order valence-corrected chi connectivity index (χ4v) is 3.90. The predicted octanol–water partition coefficient (Wildman–Crippen LogP) is 1.99. The summed E-state index contributed by atoms with van der Waals surface area (Å²) in [6.07, 6.45) is 3.62. The van der Waals surface area contributed by atoms with Crippen LogP contribution in [0.1, 0.15) is 26.3 Å². The van der Waals surface area contributed by atoms with Crippen LogP contribution in [0, 0.1) is 0 Å². The molecule has 0 aliphatic carbocycles. The number of benzene rings is 1. The minimum atomic E-state index is -4.89. The maximum atomic E-state index is 13.3. The van der Waals surface area contributed by atoms with Crippen molar-refractivity contribution in [2.75, 3.05) is 11.4 Å². The molecular formula is C21H28FN7O3S. The van der Waals surface area contributed by atoms with E-state index < -0.39 is 26.8 Å². The van der Waals surface area contributed by atoms with Gasteiger partial charge in [-0.15, -0.1) is 3.89 Å². The topological polar surface area (TPSA) is 155 Å². The number of carbonyl (C=O) groups is 1. The predicted molar refractivity (Wildman–Crippen MR) is 129 cm³/mol. The molecule has 0 radical (unpaired) electrons. The minimum absolute atomic E-state index is 0.00686. The van der Waals surface area contributed by atoms with E-state index in [0.717, 1.165) is 17.3 Å². The molecule has 178 valence electrons. The van der Waals surface area contributed by atoms with Crippen molar-refractivity contribution in [3.63, 3.8) is 0 Å². The first-order chi connectivity index (χ1) is 15.3. The lowest BCUT2D eigenvalue weighted by Crippen LogP contribution is -2.54. The molecule has 1 aromatic rings. The van der Waals surface area contributed by atoms with Crippen molar-refractivity contribution in [3.8, 4) is 0 Å². The molecule has 1 aliphatic rings. The summed E-state index contributed by atoms with van der Waals surface area (Å²) in [5.74, 6) is 0.345. The number of aliphatic imine (C=N–C) groups is 2. The first-order valence-electron chi connectivity index (χ1n) is 9.90. The van der Waals surface area contributed by atoms with E-state index >= 15 is 0 Å². The number of amides is 2. The van der Waals surface area contributed by atoms with E-state index in [1.165, 1.54) is 19.1 Å². The van der Waals surface area contributed by atoms with Crippen LogP contribution in [0.5, 0.6) is 0 Å². The molecule has 0 bridgehead atoms. The third-order valence-electron chi connectivity index (χ3n) is 4.63. The lowest BCUT2D eigenvalue weighted by molar-refractivity contribution is 0.241. The molecular weight excluding hydrogens is 449 g/mol. The van der Waals surface area contributed by atoms with Gasteiger partial charge in [-0.2, -0.15) is 13.4 Å². The number of guanidine groups is 2. The van der Waals surface area contributed by atoms with Crippen molar-refractivity contribution >= 4 is 33.9 Å². The van der Waals surface area contributed by atoms with E-state index in [-0.39, 0.29) is 30.6 Å². The number of allylic oxidation sites excluding steroid dienone is 3. The molecule has 2 amide bonds. The fraction of sp³-hybridized carbons (Fsp3) is 0.286. The Morgan fingerprint density at radius 1 is 1.24 bits per heavy atom. The summed E-state index contributed by atoms with van der Waals surface area (Å²) in [5.41, 5.74) is 12.8. The largest absolute Gasteiger partial charge is 0.369 e. The van der Waals surface area contributed by atoms with E-state index in [2.05, 4.69) is 27.2 Å². The van der Waals surface area contributed by atoms with Crippen LogP contribution in [0.2, 0.25) is 0 Å². The quantitative estimate of drug-likeness (QED) is 0.331. The Morgan fingerprint density at radius 3 is 2.42 bits per heavy atom. The molecule has 1 aliphatic heterocycles. The fourth-order valence-electron chi connectivity index (χ4n) is 3.17. The highest BCUT2D eigenvalue weighted by Gasteiger charge is 2.32. The van der Waals surface area contributed by atoms with E-state index in [9.17, 15) is 17.1 Å². The van der Waals surface area contributed by atoms with Crippen molar-refractivity contribution in [2.24, 2.45) is 21.5 Å². The number of nitrogens with zero attached hydrogens (tertiary/aromatic N) is 3. The second-order valence-corrected chi connectivity index (χ2v) is 8.91. The molecule has 6 N–H and O–H groups in total. The molecule has 0 spiro atoms. The third-order valence-corrected chi connectivity index (χ3v) is 5.62. The van der Waals surface area contributed by atoms with Gasteiger partial charge >= 0.3 is 16.3 Å². The van der Waals surface area contributed by atoms with Gasteiger partial charge in [0.15, 0.2) is 0 Å². The number of rotatable bonds is 8. The van der Waals surface area contributed by atoms with Crippen molar-refractivity contribution in [2.45, 2.75) is 33.0 Å². The summed E-state index contributed by atoms with van der Waals surface area (Å²) in [6, 6.07) is 6.82. The van der Waals surface area contributed by atoms with Crippen molar-refractivity contribution in [1.29, 1.82) is 0 Å². The van der Waals surface area contributed by atoms with Crippen LogP contribution >= 0.6 is 0 Å². The highest BCUT2D eigenvalue weighted by atomic mass is 32.3. The van der Waals surface area contributed by atoms with Crippen LogP contribution in [-0.2, 0) is 16.8 Å². The Hall–Kier alpha value is -3.67. The van der Waals surface area contributed by atoms with Crippen LogP contribution in [0.15, 0.2) is 69.5 Å². The maximum absolute atomic E-state index is 13.3. The monoisotopic (exact) mass is 477 g/mol. The number of nitrogens with two attached hydrogens (primary N) is 2. The molecule has 33 heavy (non-hydrogen) atoms. The second kappa shape index (κ2) is 10.3. The van der Waals surface area contributed by atoms with Gasteiger partial charge in [-0.3, -0.25) is 4.90 Å². The number of halogens is 1.